The third-order valence-electron chi connectivity index (χ3n) is 3.39. The van der Waals surface area contributed by atoms with Gasteiger partial charge in [-0.15, -0.1) is 11.8 Å². The molecule has 1 aliphatic heterocycles. The maximum atomic E-state index is 12.6. The van der Waals surface area contributed by atoms with Crippen molar-refractivity contribution in [1.29, 1.82) is 0 Å². The van der Waals surface area contributed by atoms with E-state index in [1.165, 1.54) is 11.8 Å². The lowest BCUT2D eigenvalue weighted by Gasteiger charge is -2.07. The smallest absolute Gasteiger partial charge is 0.252 e. The standard InChI is InChI=1S/C16H11ClO3S/c1-20-11-3-5-12-10(6-11)8-21-14-7-9(16(17)19)2-4-13(14)15(12)18/h2-7H,8H2,1H3. The van der Waals surface area contributed by atoms with Crippen LogP contribution in [-0.2, 0) is 5.75 Å². The number of carbonyl (C=O) groups is 2. The van der Waals surface area contributed by atoms with E-state index in [2.05, 4.69) is 0 Å². The second-order valence-corrected chi connectivity index (χ2v) is 5.99. The molecule has 0 N–H and O–H groups in total. The van der Waals surface area contributed by atoms with Gasteiger partial charge in [0.05, 0.1) is 7.11 Å². The van der Waals surface area contributed by atoms with E-state index in [0.717, 1.165) is 16.2 Å². The van der Waals surface area contributed by atoms with Crippen molar-refractivity contribution < 1.29 is 14.3 Å². The summed E-state index contributed by atoms with van der Waals surface area (Å²) in [4.78, 5) is 24.7. The van der Waals surface area contributed by atoms with Crippen molar-refractivity contribution in [2.24, 2.45) is 0 Å². The molecule has 5 heteroatoms. The minimum Gasteiger partial charge on any atom is -0.497 e. The highest BCUT2D eigenvalue weighted by atomic mass is 35.5. The number of halogens is 1. The quantitative estimate of drug-likeness (QED) is 0.787. The van der Waals surface area contributed by atoms with Crippen LogP contribution in [-0.4, -0.2) is 18.1 Å². The van der Waals surface area contributed by atoms with Crippen molar-refractivity contribution >= 4 is 34.4 Å². The zero-order chi connectivity index (χ0) is 15.0. The molecular weight excluding hydrogens is 308 g/mol. The molecule has 2 aromatic carbocycles. The first-order chi connectivity index (χ1) is 10.1. The molecule has 0 atom stereocenters. The molecule has 106 valence electrons. The summed E-state index contributed by atoms with van der Waals surface area (Å²) in [6.45, 7) is 0. The fourth-order valence-electron chi connectivity index (χ4n) is 2.29. The molecule has 0 radical (unpaired) electrons. The summed E-state index contributed by atoms with van der Waals surface area (Å²) in [5.41, 5.74) is 2.61. The fourth-order valence-corrected chi connectivity index (χ4v) is 3.48. The maximum Gasteiger partial charge on any atom is 0.252 e. The monoisotopic (exact) mass is 318 g/mol. The summed E-state index contributed by atoms with van der Waals surface area (Å²) in [6.07, 6.45) is 0. The molecule has 1 aliphatic rings. The Hall–Kier alpha value is -1.78. The van der Waals surface area contributed by atoms with Crippen LogP contribution in [0.5, 0.6) is 5.75 Å². The number of ether oxygens (including phenoxy) is 1. The maximum absolute atomic E-state index is 12.6. The summed E-state index contributed by atoms with van der Waals surface area (Å²) in [6, 6.07) is 10.4. The number of ketones is 1. The van der Waals surface area contributed by atoms with Crippen molar-refractivity contribution in [3.05, 3.63) is 58.7 Å². The molecule has 0 saturated heterocycles. The van der Waals surface area contributed by atoms with Gasteiger partial charge in [0.1, 0.15) is 5.75 Å². The summed E-state index contributed by atoms with van der Waals surface area (Å²) < 4.78 is 5.20. The highest BCUT2D eigenvalue weighted by molar-refractivity contribution is 7.98. The van der Waals surface area contributed by atoms with Crippen LogP contribution in [0.4, 0.5) is 0 Å². The van der Waals surface area contributed by atoms with Gasteiger partial charge in [-0.05, 0) is 53.6 Å². The number of fused-ring (bicyclic) bond motifs is 2. The Bertz CT molecular complexity index is 755. The molecule has 0 unspecified atom stereocenters. The lowest BCUT2D eigenvalue weighted by atomic mass is 9.98. The summed E-state index contributed by atoms with van der Waals surface area (Å²) in [5.74, 6) is 1.33. The number of thioether (sulfide) groups is 1. The molecule has 0 fully saturated rings. The van der Waals surface area contributed by atoms with Gasteiger partial charge in [0.15, 0.2) is 5.78 Å². The average molecular weight is 319 g/mol. The molecule has 3 nitrogen and oxygen atoms in total. The number of benzene rings is 2. The van der Waals surface area contributed by atoms with Gasteiger partial charge in [-0.2, -0.15) is 0 Å². The van der Waals surface area contributed by atoms with Crippen LogP contribution in [0.1, 0.15) is 31.8 Å². The minimum absolute atomic E-state index is 0.0405. The van der Waals surface area contributed by atoms with Gasteiger partial charge in [0.25, 0.3) is 5.24 Å². The van der Waals surface area contributed by atoms with E-state index >= 15 is 0 Å². The highest BCUT2D eigenvalue weighted by Crippen LogP contribution is 2.35. The summed E-state index contributed by atoms with van der Waals surface area (Å²) in [5, 5.41) is -0.519. The number of carbonyl (C=O) groups excluding carboxylic acids is 2. The van der Waals surface area contributed by atoms with Gasteiger partial charge >= 0.3 is 0 Å². The van der Waals surface area contributed by atoms with E-state index in [1.54, 1.807) is 37.4 Å². The van der Waals surface area contributed by atoms with Gasteiger partial charge in [0, 0.05) is 27.3 Å². The molecule has 1 heterocycles. The first-order valence-corrected chi connectivity index (χ1v) is 7.65. The third-order valence-corrected chi connectivity index (χ3v) is 4.72. The number of rotatable bonds is 2. The molecule has 0 spiro atoms. The van der Waals surface area contributed by atoms with Crippen molar-refractivity contribution in [3.8, 4) is 5.75 Å². The Morgan fingerprint density at radius 1 is 1.19 bits per heavy atom. The SMILES string of the molecule is COc1ccc2c(c1)CSc1cc(C(=O)Cl)ccc1C2=O. The number of hydrogen-bond acceptors (Lipinski definition) is 4. The Balaban J connectivity index is 2.10. The Kier molecular flexibility index (Phi) is 3.74. The van der Waals surface area contributed by atoms with E-state index < -0.39 is 5.24 Å². The lowest BCUT2D eigenvalue weighted by Crippen LogP contribution is -2.04. The van der Waals surface area contributed by atoms with Crippen LogP contribution in [0.3, 0.4) is 0 Å². The van der Waals surface area contributed by atoms with Gasteiger partial charge in [-0.3, -0.25) is 9.59 Å². The van der Waals surface area contributed by atoms with E-state index in [4.69, 9.17) is 16.3 Å². The van der Waals surface area contributed by atoms with Gasteiger partial charge in [0.2, 0.25) is 0 Å². The second-order valence-electron chi connectivity index (χ2n) is 4.63. The molecule has 2 aromatic rings. The Labute approximate surface area is 131 Å². The second kappa shape index (κ2) is 5.54. The van der Waals surface area contributed by atoms with Crippen LogP contribution in [0, 0.1) is 0 Å². The molecule has 0 aromatic heterocycles. The molecule has 3 rings (SSSR count). The third kappa shape index (κ3) is 2.57. The predicted octanol–water partition coefficient (Wildman–Crippen LogP) is 3.91. The van der Waals surface area contributed by atoms with Gasteiger partial charge in [-0.25, -0.2) is 0 Å². The zero-order valence-electron chi connectivity index (χ0n) is 11.2. The van der Waals surface area contributed by atoms with Crippen LogP contribution in [0.25, 0.3) is 0 Å². The van der Waals surface area contributed by atoms with Crippen molar-refractivity contribution in [1.82, 2.24) is 0 Å². The lowest BCUT2D eigenvalue weighted by molar-refractivity contribution is 0.103. The molecule has 0 aliphatic carbocycles. The largest absolute Gasteiger partial charge is 0.497 e. The van der Waals surface area contributed by atoms with E-state index in [0.29, 0.717) is 22.4 Å². The van der Waals surface area contributed by atoms with E-state index in [9.17, 15) is 9.59 Å². The Morgan fingerprint density at radius 2 is 1.95 bits per heavy atom. The predicted molar refractivity (Wildman–Crippen MR) is 82.6 cm³/mol. The first kappa shape index (κ1) is 14.2. The van der Waals surface area contributed by atoms with Crippen LogP contribution in [0.2, 0.25) is 0 Å². The molecule has 0 saturated carbocycles. The van der Waals surface area contributed by atoms with Crippen molar-refractivity contribution in [2.45, 2.75) is 10.6 Å². The van der Waals surface area contributed by atoms with E-state index in [-0.39, 0.29) is 5.78 Å². The minimum atomic E-state index is -0.519. The number of methoxy groups -OCH3 is 1. The van der Waals surface area contributed by atoms with Crippen LogP contribution < -0.4 is 4.74 Å². The highest BCUT2D eigenvalue weighted by Gasteiger charge is 2.22. The average Bonchev–Trinajstić information content (AvgIpc) is 2.64. The van der Waals surface area contributed by atoms with Crippen molar-refractivity contribution in [3.63, 3.8) is 0 Å². The van der Waals surface area contributed by atoms with Crippen LogP contribution in [0.15, 0.2) is 41.3 Å². The molecule has 0 amide bonds. The van der Waals surface area contributed by atoms with Gasteiger partial charge in [-0.1, -0.05) is 0 Å². The molecular formula is C16H11ClO3S. The molecule has 0 bridgehead atoms. The number of hydrogen-bond donors (Lipinski definition) is 0. The summed E-state index contributed by atoms with van der Waals surface area (Å²) >= 11 is 7.02. The van der Waals surface area contributed by atoms with Gasteiger partial charge < -0.3 is 4.74 Å². The fraction of sp³-hybridized carbons (Fsp3) is 0.125. The van der Waals surface area contributed by atoms with Crippen LogP contribution >= 0.6 is 23.4 Å². The first-order valence-electron chi connectivity index (χ1n) is 6.28. The van der Waals surface area contributed by atoms with E-state index in [1.807, 2.05) is 6.07 Å². The van der Waals surface area contributed by atoms with Crippen molar-refractivity contribution in [2.75, 3.05) is 7.11 Å². The molecule has 21 heavy (non-hydrogen) atoms. The summed E-state index contributed by atoms with van der Waals surface area (Å²) in [7, 11) is 1.60. The normalized spacial score (nSPS) is 13.1. The zero-order valence-corrected chi connectivity index (χ0v) is 12.8. The Morgan fingerprint density at radius 3 is 2.67 bits per heavy atom. The topological polar surface area (TPSA) is 43.4 Å².